The lowest BCUT2D eigenvalue weighted by atomic mass is 10.1. The van der Waals surface area contributed by atoms with Crippen LogP contribution < -0.4 is 5.32 Å². The van der Waals surface area contributed by atoms with Crippen LogP contribution >= 0.6 is 0 Å². The zero-order valence-corrected chi connectivity index (χ0v) is 13.4. The number of carbonyl (C=O) groups is 1. The Labute approximate surface area is 133 Å². The Hall–Kier alpha value is -1.53. The van der Waals surface area contributed by atoms with Gasteiger partial charge in [-0.15, -0.1) is 0 Å². The smallest absolute Gasteiger partial charge is 0.252 e. The van der Waals surface area contributed by atoms with E-state index in [1.165, 1.54) is 38.5 Å². The minimum atomic E-state index is -1.16. The first-order chi connectivity index (χ1) is 10.7. The molecule has 2 aliphatic heterocycles. The average Bonchev–Trinajstić information content (AvgIpc) is 2.93. The highest BCUT2D eigenvalue weighted by Crippen LogP contribution is 2.21. The van der Waals surface area contributed by atoms with Crippen molar-refractivity contribution in [2.45, 2.75) is 30.7 Å². The first-order valence-electron chi connectivity index (χ1n) is 7.83. The fourth-order valence-corrected chi connectivity index (χ4v) is 3.79. The summed E-state index contributed by atoms with van der Waals surface area (Å²) in [5, 5.41) is 5.07. The van der Waals surface area contributed by atoms with E-state index in [1.807, 2.05) is 0 Å². The molecule has 1 fully saturated rings. The van der Waals surface area contributed by atoms with E-state index in [0.717, 1.165) is 18.5 Å². The molecule has 0 saturated carbocycles. The Morgan fingerprint density at radius 2 is 2.14 bits per heavy atom. The predicted molar refractivity (Wildman–Crippen MR) is 86.9 cm³/mol. The van der Waals surface area contributed by atoms with E-state index >= 15 is 0 Å². The van der Waals surface area contributed by atoms with Gasteiger partial charge in [-0.2, -0.15) is 0 Å². The summed E-state index contributed by atoms with van der Waals surface area (Å²) in [6.07, 6.45) is 8.16. The molecule has 22 heavy (non-hydrogen) atoms. The van der Waals surface area contributed by atoms with Crippen LogP contribution in [0.2, 0.25) is 0 Å². The molecule has 1 aromatic heterocycles. The van der Waals surface area contributed by atoms with Gasteiger partial charge >= 0.3 is 0 Å². The second-order valence-electron chi connectivity index (χ2n) is 5.73. The molecule has 3 heterocycles. The van der Waals surface area contributed by atoms with Crippen LogP contribution in [0.15, 0.2) is 22.7 Å². The van der Waals surface area contributed by atoms with Crippen LogP contribution in [0, 0.1) is 0 Å². The molecule has 1 unspecified atom stereocenters. The molecule has 1 atom stereocenters. The van der Waals surface area contributed by atoms with Gasteiger partial charge in [0.2, 0.25) is 0 Å². The standard InChI is InChI=1S/C16H21N3O2S/c20-15(17-6-4-9-19-7-2-1-3-8-19)14-11-13-5-10-22(21)16(13)18-12-14/h5,10-12H,1-4,6-9H2,(H,17,20). The van der Waals surface area contributed by atoms with Gasteiger partial charge in [-0.25, -0.2) is 9.19 Å². The first-order valence-corrected chi connectivity index (χ1v) is 9.05. The SMILES string of the molecule is O=C(NCCCN1CCCCC1)c1cnc2c(c1)C=CS2=O. The van der Waals surface area contributed by atoms with Gasteiger partial charge in [-0.05, 0) is 51.0 Å². The van der Waals surface area contributed by atoms with Gasteiger partial charge in [-0.1, -0.05) is 6.42 Å². The Bertz CT molecular complexity index is 609. The van der Waals surface area contributed by atoms with Crippen LogP contribution in [0.4, 0.5) is 0 Å². The topological polar surface area (TPSA) is 62.3 Å². The van der Waals surface area contributed by atoms with Crippen molar-refractivity contribution in [3.63, 3.8) is 0 Å². The predicted octanol–water partition coefficient (Wildman–Crippen LogP) is 1.78. The maximum absolute atomic E-state index is 12.1. The number of rotatable bonds is 5. The van der Waals surface area contributed by atoms with Gasteiger partial charge in [0.25, 0.3) is 5.91 Å². The second kappa shape index (κ2) is 7.15. The van der Waals surface area contributed by atoms with Gasteiger partial charge in [0.1, 0.15) is 5.03 Å². The van der Waals surface area contributed by atoms with Crippen LogP contribution in [0.5, 0.6) is 0 Å². The Kier molecular flexibility index (Phi) is 5.00. The number of pyridine rings is 1. The van der Waals surface area contributed by atoms with E-state index in [0.29, 0.717) is 17.1 Å². The van der Waals surface area contributed by atoms with Gasteiger partial charge in [-0.3, -0.25) is 4.79 Å². The molecule has 0 radical (unpaired) electrons. The fourth-order valence-electron chi connectivity index (χ4n) is 2.87. The lowest BCUT2D eigenvalue weighted by molar-refractivity contribution is 0.0950. The molecular weight excluding hydrogens is 298 g/mol. The zero-order valence-electron chi connectivity index (χ0n) is 12.6. The van der Waals surface area contributed by atoms with Gasteiger partial charge in [0.15, 0.2) is 0 Å². The molecule has 1 amide bonds. The van der Waals surface area contributed by atoms with Crippen molar-refractivity contribution in [2.24, 2.45) is 0 Å². The van der Waals surface area contributed by atoms with Gasteiger partial charge in [0, 0.05) is 23.7 Å². The summed E-state index contributed by atoms with van der Waals surface area (Å²) in [5.74, 6) is -0.111. The van der Waals surface area contributed by atoms with E-state index < -0.39 is 10.8 Å². The molecule has 1 saturated heterocycles. The maximum Gasteiger partial charge on any atom is 0.252 e. The molecule has 1 aromatic rings. The molecule has 6 heteroatoms. The lowest BCUT2D eigenvalue weighted by Gasteiger charge is -2.26. The summed E-state index contributed by atoms with van der Waals surface area (Å²) in [6.45, 7) is 4.09. The number of likely N-dealkylation sites (tertiary alicyclic amines) is 1. The number of carbonyl (C=O) groups excluding carboxylic acids is 1. The van der Waals surface area contributed by atoms with Crippen molar-refractivity contribution in [1.29, 1.82) is 0 Å². The number of piperidine rings is 1. The minimum absolute atomic E-state index is 0.111. The molecule has 3 rings (SSSR count). The molecule has 5 nitrogen and oxygen atoms in total. The molecule has 0 bridgehead atoms. The van der Waals surface area contributed by atoms with Gasteiger partial charge in [0.05, 0.1) is 16.4 Å². The van der Waals surface area contributed by atoms with Crippen molar-refractivity contribution in [3.8, 4) is 0 Å². The fraction of sp³-hybridized carbons (Fsp3) is 0.500. The van der Waals surface area contributed by atoms with Crippen molar-refractivity contribution in [3.05, 3.63) is 28.8 Å². The van der Waals surface area contributed by atoms with Crippen LogP contribution in [0.1, 0.15) is 41.6 Å². The third kappa shape index (κ3) is 3.62. The van der Waals surface area contributed by atoms with E-state index in [9.17, 15) is 9.00 Å². The van der Waals surface area contributed by atoms with Crippen molar-refractivity contribution < 1.29 is 9.00 Å². The number of hydrogen-bond donors (Lipinski definition) is 1. The third-order valence-electron chi connectivity index (χ3n) is 4.09. The summed E-state index contributed by atoms with van der Waals surface area (Å²) < 4.78 is 11.6. The highest BCUT2D eigenvalue weighted by molar-refractivity contribution is 7.88. The molecule has 0 spiro atoms. The molecule has 118 valence electrons. The number of fused-ring (bicyclic) bond motifs is 1. The van der Waals surface area contributed by atoms with Crippen LogP contribution in [0.25, 0.3) is 6.08 Å². The van der Waals surface area contributed by atoms with Crippen molar-refractivity contribution in [1.82, 2.24) is 15.2 Å². The highest BCUT2D eigenvalue weighted by Gasteiger charge is 2.16. The first kappa shape index (κ1) is 15.4. The molecule has 2 aliphatic rings. The lowest BCUT2D eigenvalue weighted by Crippen LogP contribution is -2.33. The Balaban J connectivity index is 1.46. The zero-order chi connectivity index (χ0) is 15.4. The monoisotopic (exact) mass is 319 g/mol. The molecule has 1 N–H and O–H groups in total. The highest BCUT2D eigenvalue weighted by atomic mass is 32.2. The average molecular weight is 319 g/mol. The number of nitrogens with zero attached hydrogens (tertiary/aromatic N) is 2. The van der Waals surface area contributed by atoms with Crippen molar-refractivity contribution >= 4 is 22.8 Å². The molecule has 0 aromatic carbocycles. The number of amides is 1. The van der Waals surface area contributed by atoms with Crippen LogP contribution in [-0.2, 0) is 10.8 Å². The largest absolute Gasteiger partial charge is 0.352 e. The number of aromatic nitrogens is 1. The van der Waals surface area contributed by atoms with Gasteiger partial charge < -0.3 is 10.2 Å². The maximum atomic E-state index is 12.1. The second-order valence-corrected chi connectivity index (χ2v) is 6.98. The van der Waals surface area contributed by atoms with Crippen LogP contribution in [-0.4, -0.2) is 46.2 Å². The Morgan fingerprint density at radius 3 is 2.95 bits per heavy atom. The van der Waals surface area contributed by atoms with Crippen molar-refractivity contribution in [2.75, 3.05) is 26.2 Å². The van der Waals surface area contributed by atoms with E-state index in [2.05, 4.69) is 15.2 Å². The summed E-state index contributed by atoms with van der Waals surface area (Å²) in [7, 11) is -1.16. The number of hydrogen-bond acceptors (Lipinski definition) is 4. The summed E-state index contributed by atoms with van der Waals surface area (Å²) in [4.78, 5) is 18.7. The summed E-state index contributed by atoms with van der Waals surface area (Å²) in [6, 6.07) is 1.75. The quantitative estimate of drug-likeness (QED) is 0.840. The normalized spacial score (nSPS) is 20.8. The minimum Gasteiger partial charge on any atom is -0.352 e. The Morgan fingerprint density at radius 1 is 1.32 bits per heavy atom. The molecule has 0 aliphatic carbocycles. The van der Waals surface area contributed by atoms with Crippen LogP contribution in [0.3, 0.4) is 0 Å². The van der Waals surface area contributed by atoms with E-state index in [4.69, 9.17) is 0 Å². The molecular formula is C16H21N3O2S. The third-order valence-corrected chi connectivity index (χ3v) is 5.19. The van der Waals surface area contributed by atoms with E-state index in [-0.39, 0.29) is 5.91 Å². The van der Waals surface area contributed by atoms with E-state index in [1.54, 1.807) is 17.6 Å². The number of nitrogens with one attached hydrogen (secondary N) is 1. The summed E-state index contributed by atoms with van der Waals surface area (Å²) in [5.41, 5.74) is 1.31. The summed E-state index contributed by atoms with van der Waals surface area (Å²) >= 11 is 0.